The van der Waals surface area contributed by atoms with Crippen LogP contribution in [-0.2, 0) is 4.79 Å². The van der Waals surface area contributed by atoms with Gasteiger partial charge >= 0.3 is 12.1 Å². The minimum Gasteiger partial charge on any atom is -0.481 e. The SMILES string of the molecule is CC(F)(F)F.O=C(O)CCC1CCC(c2ccccc2)C1. The van der Waals surface area contributed by atoms with Gasteiger partial charge in [0, 0.05) is 13.3 Å². The summed E-state index contributed by atoms with van der Waals surface area (Å²) in [5.74, 6) is 0.601. The van der Waals surface area contributed by atoms with E-state index in [1.807, 2.05) is 6.07 Å². The Hall–Kier alpha value is -1.52. The molecule has 0 aromatic heterocycles. The highest BCUT2D eigenvalue weighted by molar-refractivity contribution is 5.66. The normalized spacial score (nSPS) is 21.5. The number of carboxylic acid groups (broad SMARTS) is 1. The molecule has 1 N–H and O–H groups in total. The van der Waals surface area contributed by atoms with Gasteiger partial charge in [0.1, 0.15) is 0 Å². The lowest BCUT2D eigenvalue weighted by Gasteiger charge is -2.10. The third-order valence-corrected chi connectivity index (χ3v) is 3.58. The van der Waals surface area contributed by atoms with Gasteiger partial charge in [-0.2, -0.15) is 13.2 Å². The lowest BCUT2D eigenvalue weighted by molar-refractivity contribution is -0.137. The highest BCUT2D eigenvalue weighted by atomic mass is 19.4. The van der Waals surface area contributed by atoms with Crippen molar-refractivity contribution in [3.8, 4) is 0 Å². The van der Waals surface area contributed by atoms with E-state index in [1.54, 1.807) is 0 Å². The van der Waals surface area contributed by atoms with Crippen LogP contribution in [0.25, 0.3) is 0 Å². The number of halogens is 3. The van der Waals surface area contributed by atoms with Gasteiger partial charge < -0.3 is 5.11 Å². The molecule has 118 valence electrons. The zero-order valence-corrected chi connectivity index (χ0v) is 12.1. The lowest BCUT2D eigenvalue weighted by Crippen LogP contribution is -2.01. The van der Waals surface area contributed by atoms with E-state index < -0.39 is 12.1 Å². The summed E-state index contributed by atoms with van der Waals surface area (Å²) in [4.78, 5) is 10.5. The van der Waals surface area contributed by atoms with Gasteiger partial charge in [-0.05, 0) is 43.1 Å². The second-order valence-corrected chi connectivity index (χ2v) is 5.50. The van der Waals surface area contributed by atoms with Crippen molar-refractivity contribution in [3.05, 3.63) is 35.9 Å². The molecule has 1 fully saturated rings. The maximum absolute atomic E-state index is 10.5. The minimum absolute atomic E-state index is 0.188. The molecule has 0 heterocycles. The van der Waals surface area contributed by atoms with E-state index in [-0.39, 0.29) is 6.92 Å². The van der Waals surface area contributed by atoms with Crippen LogP contribution in [0.5, 0.6) is 0 Å². The van der Waals surface area contributed by atoms with Crippen LogP contribution in [0.4, 0.5) is 13.2 Å². The molecule has 1 aromatic carbocycles. The molecule has 2 unspecified atom stereocenters. The molecule has 0 spiro atoms. The van der Waals surface area contributed by atoms with E-state index in [2.05, 4.69) is 24.3 Å². The predicted octanol–water partition coefficient (Wildman–Crippen LogP) is 5.00. The topological polar surface area (TPSA) is 37.3 Å². The van der Waals surface area contributed by atoms with Gasteiger partial charge in [0.15, 0.2) is 0 Å². The smallest absolute Gasteiger partial charge is 0.386 e. The van der Waals surface area contributed by atoms with Crippen LogP contribution in [0.15, 0.2) is 30.3 Å². The molecule has 2 rings (SSSR count). The molecule has 1 aliphatic carbocycles. The van der Waals surface area contributed by atoms with Crippen molar-refractivity contribution < 1.29 is 23.1 Å². The summed E-state index contributed by atoms with van der Waals surface area (Å²) >= 11 is 0. The highest BCUT2D eigenvalue weighted by Crippen LogP contribution is 2.40. The number of benzene rings is 1. The monoisotopic (exact) mass is 302 g/mol. The average molecular weight is 302 g/mol. The minimum atomic E-state index is -4.00. The molecule has 21 heavy (non-hydrogen) atoms. The fourth-order valence-corrected chi connectivity index (χ4v) is 2.69. The number of aliphatic carboxylic acids is 1. The largest absolute Gasteiger partial charge is 0.481 e. The molecule has 5 heteroatoms. The van der Waals surface area contributed by atoms with E-state index in [0.29, 0.717) is 18.3 Å². The van der Waals surface area contributed by atoms with E-state index in [0.717, 1.165) is 12.8 Å². The Bertz CT molecular complexity index is 423. The Morgan fingerprint density at radius 1 is 1.24 bits per heavy atom. The van der Waals surface area contributed by atoms with E-state index >= 15 is 0 Å². The molecule has 2 nitrogen and oxygen atoms in total. The first-order valence-corrected chi connectivity index (χ1v) is 7.09. The van der Waals surface area contributed by atoms with Gasteiger partial charge in [-0.1, -0.05) is 30.3 Å². The van der Waals surface area contributed by atoms with Crippen LogP contribution in [-0.4, -0.2) is 17.3 Å². The highest BCUT2D eigenvalue weighted by Gasteiger charge is 2.25. The van der Waals surface area contributed by atoms with Crippen LogP contribution in [0.3, 0.4) is 0 Å². The Labute approximate surface area is 123 Å². The van der Waals surface area contributed by atoms with E-state index in [4.69, 9.17) is 5.11 Å². The molecule has 1 aliphatic rings. The summed E-state index contributed by atoms with van der Waals surface area (Å²) < 4.78 is 31.1. The van der Waals surface area contributed by atoms with Crippen LogP contribution >= 0.6 is 0 Å². The quantitative estimate of drug-likeness (QED) is 0.849. The molecule has 1 saturated carbocycles. The first kappa shape index (κ1) is 17.5. The van der Waals surface area contributed by atoms with Gasteiger partial charge in [-0.25, -0.2) is 0 Å². The predicted molar refractivity (Wildman–Crippen MR) is 75.1 cm³/mol. The molecular formula is C16H21F3O2. The van der Waals surface area contributed by atoms with Gasteiger partial charge in [0.2, 0.25) is 0 Å². The molecule has 0 aliphatic heterocycles. The summed E-state index contributed by atoms with van der Waals surface area (Å²) in [5.41, 5.74) is 1.42. The maximum atomic E-state index is 10.5. The molecular weight excluding hydrogens is 281 g/mol. The van der Waals surface area contributed by atoms with Crippen molar-refractivity contribution >= 4 is 5.97 Å². The van der Waals surface area contributed by atoms with Crippen LogP contribution in [0, 0.1) is 5.92 Å². The number of alkyl halides is 3. The Morgan fingerprint density at radius 2 is 1.81 bits per heavy atom. The van der Waals surface area contributed by atoms with Crippen LogP contribution in [0.2, 0.25) is 0 Å². The Balaban J connectivity index is 0.000000383. The zero-order valence-electron chi connectivity index (χ0n) is 12.1. The van der Waals surface area contributed by atoms with Gasteiger partial charge in [-0.15, -0.1) is 0 Å². The van der Waals surface area contributed by atoms with Crippen molar-refractivity contribution in [1.29, 1.82) is 0 Å². The van der Waals surface area contributed by atoms with Gasteiger partial charge in [0.05, 0.1) is 0 Å². The van der Waals surface area contributed by atoms with Crippen molar-refractivity contribution in [2.45, 2.75) is 51.1 Å². The van der Waals surface area contributed by atoms with E-state index in [9.17, 15) is 18.0 Å². The average Bonchev–Trinajstić information content (AvgIpc) is 2.84. The van der Waals surface area contributed by atoms with Crippen molar-refractivity contribution in [1.82, 2.24) is 0 Å². The van der Waals surface area contributed by atoms with E-state index in [1.165, 1.54) is 18.4 Å². The zero-order chi connectivity index (χ0) is 15.9. The number of carbonyl (C=O) groups is 1. The molecule has 0 bridgehead atoms. The second kappa shape index (κ2) is 8.05. The Kier molecular flexibility index (Phi) is 6.72. The third kappa shape index (κ3) is 8.38. The second-order valence-electron chi connectivity index (χ2n) is 5.50. The van der Waals surface area contributed by atoms with Crippen molar-refractivity contribution in [2.75, 3.05) is 0 Å². The summed E-state index contributed by atoms with van der Waals surface area (Å²) in [6, 6.07) is 10.6. The fourth-order valence-electron chi connectivity index (χ4n) is 2.69. The van der Waals surface area contributed by atoms with Crippen LogP contribution in [0.1, 0.15) is 50.5 Å². The van der Waals surface area contributed by atoms with Crippen molar-refractivity contribution in [3.63, 3.8) is 0 Å². The maximum Gasteiger partial charge on any atom is 0.386 e. The summed E-state index contributed by atoms with van der Waals surface area (Å²) in [6.45, 7) is 0.188. The molecule has 2 atom stereocenters. The van der Waals surface area contributed by atoms with Gasteiger partial charge in [0.25, 0.3) is 0 Å². The van der Waals surface area contributed by atoms with Crippen LogP contribution < -0.4 is 0 Å². The first-order valence-electron chi connectivity index (χ1n) is 7.09. The number of carboxylic acids is 1. The Morgan fingerprint density at radius 3 is 2.33 bits per heavy atom. The molecule has 1 aromatic rings. The third-order valence-electron chi connectivity index (χ3n) is 3.58. The summed E-state index contributed by atoms with van der Waals surface area (Å²) in [5, 5.41) is 8.66. The number of rotatable bonds is 4. The molecule has 0 radical (unpaired) electrons. The standard InChI is InChI=1S/C14H18O2.C2H3F3/c15-14(16)9-7-11-6-8-13(10-11)12-4-2-1-3-5-12;1-2(3,4)5/h1-5,11,13H,6-10H2,(H,15,16);1H3. The molecule has 0 amide bonds. The lowest BCUT2D eigenvalue weighted by atomic mass is 9.95. The number of hydrogen-bond acceptors (Lipinski definition) is 1. The first-order chi connectivity index (χ1) is 9.75. The number of hydrogen-bond donors (Lipinski definition) is 1. The summed E-state index contributed by atoms with van der Waals surface area (Å²) in [7, 11) is 0. The van der Waals surface area contributed by atoms with Gasteiger partial charge in [-0.3, -0.25) is 4.79 Å². The summed E-state index contributed by atoms with van der Waals surface area (Å²) in [6.07, 6.45) is 0.739. The fraction of sp³-hybridized carbons (Fsp3) is 0.562. The van der Waals surface area contributed by atoms with Crippen molar-refractivity contribution in [2.24, 2.45) is 5.92 Å². The molecule has 0 saturated heterocycles.